The molecule has 0 amide bonds. The Morgan fingerprint density at radius 3 is 1.18 bits per heavy atom. The number of aromatic nitrogens is 2. The molecule has 9 aromatic carbocycles. The Kier molecular flexibility index (Phi) is 7.18. The Labute approximate surface area is 375 Å². The quantitative estimate of drug-likeness (QED) is 0.160. The van der Waals surface area contributed by atoms with Gasteiger partial charge in [-0.2, -0.15) is 0 Å². The van der Waals surface area contributed by atoms with Gasteiger partial charge in [-0.3, -0.25) is 0 Å². The molecule has 0 fully saturated rings. The Morgan fingerprint density at radius 1 is 0.306 bits per heavy atom. The smallest absolute Gasteiger partial charge is 0.247 e. The lowest BCUT2D eigenvalue weighted by molar-refractivity contribution is 1.14. The van der Waals surface area contributed by atoms with Crippen molar-refractivity contribution in [1.82, 2.24) is 9.13 Å². The summed E-state index contributed by atoms with van der Waals surface area (Å²) in [4.78, 5) is 10.8. The summed E-state index contributed by atoms with van der Waals surface area (Å²) in [7, 11) is 0. The van der Waals surface area contributed by atoms with E-state index >= 15 is 0 Å². The Morgan fingerprint density at radius 2 is 0.694 bits per heavy atom. The number of hydrogen-bond acceptors (Lipinski definition) is 4. The fraction of sp³-hybridized carbons (Fsp3) is 0. The van der Waals surface area contributed by atoms with Gasteiger partial charge >= 0.3 is 0 Å². The zero-order chi connectivity index (χ0) is 40.2. The Hall–Kier alpha value is -5.89. The first kappa shape index (κ1) is 34.7. The lowest BCUT2D eigenvalue weighted by Crippen LogP contribution is -2.58. The second-order valence-electron chi connectivity index (χ2n) is 16.7. The van der Waals surface area contributed by atoms with E-state index in [0.717, 1.165) is 0 Å². The molecule has 11 aromatic rings. The second-order valence-corrected chi connectivity index (χ2v) is 21.0. The van der Waals surface area contributed by atoms with E-state index in [-0.39, 0.29) is 13.4 Å². The summed E-state index contributed by atoms with van der Waals surface area (Å²) in [6.07, 6.45) is 0. The SMILES string of the molecule is c1ccc2c(c1)Sc1cc(-n3c4ccccc4c4c3ccc3c5ccccc5n(-c5cc6c7c(c5)Sc5ccccc5B7c5ccccc5S6)c34)cc3c1B2c1ccccc1S3. The predicted octanol–water partition coefficient (Wildman–Crippen LogP) is 10.8. The van der Waals surface area contributed by atoms with Crippen LogP contribution in [0.1, 0.15) is 0 Å². The van der Waals surface area contributed by atoms with E-state index in [9.17, 15) is 0 Å². The first-order chi connectivity index (χ1) is 30.7. The van der Waals surface area contributed by atoms with E-state index in [1.165, 1.54) is 127 Å². The minimum atomic E-state index is 0.224. The number of benzene rings is 9. The Bertz CT molecular complexity index is 3670. The van der Waals surface area contributed by atoms with E-state index in [4.69, 9.17) is 0 Å². The molecule has 62 heavy (non-hydrogen) atoms. The molecule has 4 aliphatic heterocycles. The largest absolute Gasteiger partial charge is 0.309 e. The van der Waals surface area contributed by atoms with Crippen LogP contribution in [0, 0.1) is 0 Å². The number of rotatable bonds is 2. The van der Waals surface area contributed by atoms with Gasteiger partial charge in [0.1, 0.15) is 0 Å². The molecule has 2 aromatic heterocycles. The van der Waals surface area contributed by atoms with Gasteiger partial charge in [-0.1, -0.05) is 184 Å². The average Bonchev–Trinajstić information content (AvgIpc) is 3.84. The van der Waals surface area contributed by atoms with E-state index in [1.807, 2.05) is 47.0 Å². The molecule has 0 saturated heterocycles. The lowest BCUT2D eigenvalue weighted by Gasteiger charge is -2.33. The van der Waals surface area contributed by atoms with Crippen LogP contribution in [0.4, 0.5) is 0 Å². The van der Waals surface area contributed by atoms with Crippen LogP contribution in [-0.4, -0.2) is 22.6 Å². The second kappa shape index (κ2) is 12.8. The lowest BCUT2D eigenvalue weighted by atomic mass is 9.36. The average molecular weight is 857 g/mol. The van der Waals surface area contributed by atoms with Crippen LogP contribution in [0.3, 0.4) is 0 Å². The van der Waals surface area contributed by atoms with Crippen molar-refractivity contribution in [3.05, 3.63) is 182 Å². The molecule has 0 N–H and O–H groups in total. The third kappa shape index (κ3) is 4.65. The van der Waals surface area contributed by atoms with Crippen molar-refractivity contribution >= 4 is 137 Å². The van der Waals surface area contributed by atoms with E-state index in [0.29, 0.717) is 0 Å². The maximum Gasteiger partial charge on any atom is 0.247 e. The molecular formula is C54H30B2N2S4. The number of hydrogen-bond donors (Lipinski definition) is 0. The van der Waals surface area contributed by atoms with E-state index in [2.05, 4.69) is 191 Å². The third-order valence-electron chi connectivity index (χ3n) is 13.5. The van der Waals surface area contributed by atoms with Gasteiger partial charge in [0.25, 0.3) is 0 Å². The highest BCUT2D eigenvalue weighted by Gasteiger charge is 2.40. The van der Waals surface area contributed by atoms with Crippen molar-refractivity contribution < 1.29 is 0 Å². The molecule has 0 spiro atoms. The predicted molar refractivity (Wildman–Crippen MR) is 267 cm³/mol. The van der Waals surface area contributed by atoms with Gasteiger partial charge in [0.05, 0.1) is 22.1 Å². The fourth-order valence-electron chi connectivity index (χ4n) is 11.1. The van der Waals surface area contributed by atoms with Crippen LogP contribution in [-0.2, 0) is 0 Å². The number of fused-ring (bicyclic) bond motifs is 15. The summed E-state index contributed by atoms with van der Waals surface area (Å²) in [6.45, 7) is 0.454. The van der Waals surface area contributed by atoms with Crippen LogP contribution >= 0.6 is 47.0 Å². The summed E-state index contributed by atoms with van der Waals surface area (Å²) in [5.74, 6) is 0. The fourth-order valence-corrected chi connectivity index (χ4v) is 16.0. The van der Waals surface area contributed by atoms with Crippen LogP contribution in [0.25, 0.3) is 55.0 Å². The monoisotopic (exact) mass is 856 g/mol. The highest BCUT2D eigenvalue weighted by molar-refractivity contribution is 8.02. The molecule has 0 bridgehead atoms. The van der Waals surface area contributed by atoms with Crippen molar-refractivity contribution in [3.8, 4) is 11.4 Å². The molecule has 0 atom stereocenters. The van der Waals surface area contributed by atoms with Crippen molar-refractivity contribution in [3.63, 3.8) is 0 Å². The Balaban J connectivity index is 1.00. The standard InChI is InChI=1S/C54H30B2N2S4/c1-7-19-40-33(13-1)34-25-26-42-51(54(34)58(40)32-29-49-53-50(30-32)62-46-24-12-6-18-39(46)56(53)38-17-5-11-23-45(38)61-49)35-14-2-8-20-41(35)57(42)31-27-47-52-48(28-31)60-44-22-10-4-16-37(44)55(52)36-15-3-9-21-43(36)59-47/h1-30H. The summed E-state index contributed by atoms with van der Waals surface area (Å²) < 4.78 is 5.12. The molecule has 6 heterocycles. The molecule has 15 rings (SSSR count). The minimum absolute atomic E-state index is 0.224. The molecule has 2 nitrogen and oxygen atoms in total. The van der Waals surface area contributed by atoms with Gasteiger partial charge in [-0.25, -0.2) is 0 Å². The normalized spacial score (nSPS) is 14.1. The molecule has 0 unspecified atom stereocenters. The molecule has 0 aliphatic carbocycles. The first-order valence-corrected chi connectivity index (χ1v) is 24.4. The zero-order valence-electron chi connectivity index (χ0n) is 33.0. The highest BCUT2D eigenvalue weighted by Crippen LogP contribution is 2.46. The van der Waals surface area contributed by atoms with Gasteiger partial charge in [-0.15, -0.1) is 0 Å². The van der Waals surface area contributed by atoms with Crippen LogP contribution < -0.4 is 32.8 Å². The van der Waals surface area contributed by atoms with Gasteiger partial charge in [-0.05, 0) is 77.7 Å². The summed E-state index contributed by atoms with van der Waals surface area (Å²) in [5.41, 5.74) is 15.9. The van der Waals surface area contributed by atoms with E-state index in [1.54, 1.807) is 0 Å². The molecule has 4 aliphatic rings. The maximum atomic E-state index is 2.58. The summed E-state index contributed by atoms with van der Waals surface area (Å²) in [6, 6.07) is 68.9. The van der Waals surface area contributed by atoms with Gasteiger partial charge in [0.15, 0.2) is 0 Å². The number of nitrogens with zero attached hydrogens (tertiary/aromatic N) is 2. The topological polar surface area (TPSA) is 9.86 Å². The van der Waals surface area contributed by atoms with Crippen molar-refractivity contribution in [1.29, 1.82) is 0 Å². The minimum Gasteiger partial charge on any atom is -0.309 e. The van der Waals surface area contributed by atoms with Gasteiger partial charge in [0.2, 0.25) is 13.4 Å². The highest BCUT2D eigenvalue weighted by atomic mass is 32.2. The van der Waals surface area contributed by atoms with Crippen LogP contribution in [0.15, 0.2) is 221 Å². The summed E-state index contributed by atoms with van der Waals surface area (Å²) in [5, 5.41) is 5.10. The molecule has 8 heteroatoms. The van der Waals surface area contributed by atoms with E-state index < -0.39 is 0 Å². The molecule has 0 radical (unpaired) electrons. The van der Waals surface area contributed by atoms with Crippen molar-refractivity contribution in [2.45, 2.75) is 39.2 Å². The van der Waals surface area contributed by atoms with Crippen molar-refractivity contribution in [2.24, 2.45) is 0 Å². The van der Waals surface area contributed by atoms with Gasteiger partial charge < -0.3 is 9.13 Å². The van der Waals surface area contributed by atoms with Crippen LogP contribution in [0.5, 0.6) is 0 Å². The first-order valence-electron chi connectivity index (χ1n) is 21.1. The molecule has 0 saturated carbocycles. The summed E-state index contributed by atoms with van der Waals surface area (Å²) >= 11 is 7.72. The zero-order valence-corrected chi connectivity index (χ0v) is 36.3. The number of para-hydroxylation sites is 2. The van der Waals surface area contributed by atoms with Crippen LogP contribution in [0.2, 0.25) is 0 Å². The third-order valence-corrected chi connectivity index (χ3v) is 18.1. The van der Waals surface area contributed by atoms with Crippen molar-refractivity contribution in [2.75, 3.05) is 0 Å². The maximum absolute atomic E-state index is 2.58. The molecular weight excluding hydrogens is 826 g/mol. The van der Waals surface area contributed by atoms with Gasteiger partial charge in [0, 0.05) is 72.1 Å². The molecule has 286 valence electrons.